The van der Waals surface area contributed by atoms with Gasteiger partial charge in [0, 0.05) is 12.3 Å². The molecule has 198 valence electrons. The van der Waals surface area contributed by atoms with Gasteiger partial charge in [0.15, 0.2) is 0 Å². The maximum absolute atomic E-state index is 12.9. The number of nitrogens with one attached hydrogen (secondary N) is 1. The number of carbonyl (C=O) groups is 3. The van der Waals surface area contributed by atoms with Crippen molar-refractivity contribution in [3.63, 3.8) is 0 Å². The van der Waals surface area contributed by atoms with Gasteiger partial charge in [-0.1, -0.05) is 78.9 Å². The van der Waals surface area contributed by atoms with E-state index < -0.39 is 29.7 Å². The van der Waals surface area contributed by atoms with Crippen molar-refractivity contribution in [2.45, 2.75) is 57.8 Å². The Morgan fingerprint density at radius 3 is 2.00 bits per heavy atom. The molecule has 0 fully saturated rings. The maximum atomic E-state index is 12.9. The summed E-state index contributed by atoms with van der Waals surface area (Å²) in [5.74, 6) is -1.22. The molecule has 1 aliphatic rings. The monoisotopic (exact) mass is 515 g/mol. The zero-order valence-electron chi connectivity index (χ0n) is 21.9. The summed E-state index contributed by atoms with van der Waals surface area (Å²) in [6, 6.07) is 24.3. The topological polar surface area (TPSA) is 90.9 Å². The Morgan fingerprint density at radius 1 is 0.816 bits per heavy atom. The molecule has 1 N–H and O–H groups in total. The fraction of sp³-hybridized carbons (Fsp3) is 0.323. The Morgan fingerprint density at radius 2 is 1.39 bits per heavy atom. The van der Waals surface area contributed by atoms with Crippen molar-refractivity contribution in [1.82, 2.24) is 5.32 Å². The summed E-state index contributed by atoms with van der Waals surface area (Å²) in [4.78, 5) is 38.0. The highest BCUT2D eigenvalue weighted by Crippen LogP contribution is 2.44. The molecule has 0 aliphatic heterocycles. The SMILES string of the molecule is CC(C)(C)OC(=O)CCC(NC(=O)OCC1c2ccccc2-c2ccccc21)C(=O)OCc1ccccc1. The normalized spacial score (nSPS) is 13.1. The van der Waals surface area contributed by atoms with Gasteiger partial charge in [-0.3, -0.25) is 4.79 Å². The molecule has 0 saturated carbocycles. The van der Waals surface area contributed by atoms with Crippen molar-refractivity contribution >= 4 is 18.0 Å². The van der Waals surface area contributed by atoms with Crippen LogP contribution in [0.2, 0.25) is 0 Å². The zero-order chi connectivity index (χ0) is 27.1. The van der Waals surface area contributed by atoms with Crippen LogP contribution in [0.4, 0.5) is 4.79 Å². The number of carbonyl (C=O) groups excluding carboxylic acids is 3. The van der Waals surface area contributed by atoms with E-state index in [1.54, 1.807) is 20.8 Å². The minimum Gasteiger partial charge on any atom is -0.460 e. The lowest BCUT2D eigenvalue weighted by atomic mass is 9.98. The van der Waals surface area contributed by atoms with Crippen molar-refractivity contribution in [3.8, 4) is 11.1 Å². The van der Waals surface area contributed by atoms with Crippen LogP contribution in [0.25, 0.3) is 11.1 Å². The van der Waals surface area contributed by atoms with Gasteiger partial charge >= 0.3 is 18.0 Å². The molecule has 4 rings (SSSR count). The summed E-state index contributed by atoms with van der Waals surface area (Å²) < 4.78 is 16.4. The highest BCUT2D eigenvalue weighted by atomic mass is 16.6. The van der Waals surface area contributed by atoms with E-state index in [0.29, 0.717) is 0 Å². The minimum absolute atomic E-state index is 0.0206. The number of esters is 2. The van der Waals surface area contributed by atoms with Gasteiger partial charge in [0.25, 0.3) is 0 Å². The maximum Gasteiger partial charge on any atom is 0.407 e. The Bertz CT molecular complexity index is 1240. The van der Waals surface area contributed by atoms with E-state index in [2.05, 4.69) is 17.4 Å². The molecule has 0 spiro atoms. The Kier molecular flexibility index (Phi) is 8.46. The fourth-order valence-electron chi connectivity index (χ4n) is 4.52. The molecule has 0 bridgehead atoms. The van der Waals surface area contributed by atoms with Gasteiger partial charge in [-0.2, -0.15) is 0 Å². The zero-order valence-corrected chi connectivity index (χ0v) is 21.9. The van der Waals surface area contributed by atoms with Crippen LogP contribution in [0.5, 0.6) is 0 Å². The van der Waals surface area contributed by atoms with Crippen LogP contribution in [0, 0.1) is 0 Å². The van der Waals surface area contributed by atoms with E-state index in [1.807, 2.05) is 66.7 Å². The van der Waals surface area contributed by atoms with Crippen LogP contribution in [-0.2, 0) is 30.4 Å². The number of ether oxygens (including phenoxy) is 3. The smallest absolute Gasteiger partial charge is 0.407 e. The summed E-state index contributed by atoms with van der Waals surface area (Å²) >= 11 is 0. The number of rotatable bonds is 9. The molecule has 0 heterocycles. The molecular weight excluding hydrogens is 482 g/mol. The molecule has 3 aromatic carbocycles. The van der Waals surface area contributed by atoms with Crippen LogP contribution >= 0.6 is 0 Å². The van der Waals surface area contributed by atoms with Crippen molar-refractivity contribution in [2.24, 2.45) is 0 Å². The Balaban J connectivity index is 1.40. The number of hydrogen-bond acceptors (Lipinski definition) is 6. The molecule has 7 heteroatoms. The predicted molar refractivity (Wildman–Crippen MR) is 143 cm³/mol. The lowest BCUT2D eigenvalue weighted by Gasteiger charge is -2.21. The molecule has 38 heavy (non-hydrogen) atoms. The van der Waals surface area contributed by atoms with Crippen LogP contribution in [0.15, 0.2) is 78.9 Å². The summed E-state index contributed by atoms with van der Waals surface area (Å²) in [6.07, 6.45) is -0.795. The average Bonchev–Trinajstić information content (AvgIpc) is 3.21. The van der Waals surface area contributed by atoms with Crippen LogP contribution < -0.4 is 5.32 Å². The van der Waals surface area contributed by atoms with Crippen molar-refractivity contribution in [2.75, 3.05) is 6.61 Å². The summed E-state index contributed by atoms with van der Waals surface area (Å²) in [6.45, 7) is 5.47. The number of amides is 1. The summed E-state index contributed by atoms with van der Waals surface area (Å²) in [5.41, 5.74) is 4.58. The third-order valence-corrected chi connectivity index (χ3v) is 6.20. The van der Waals surface area contributed by atoms with E-state index in [0.717, 1.165) is 27.8 Å². The molecule has 1 atom stereocenters. The van der Waals surface area contributed by atoms with E-state index in [1.165, 1.54) is 0 Å². The third-order valence-electron chi connectivity index (χ3n) is 6.20. The van der Waals surface area contributed by atoms with Crippen molar-refractivity contribution in [1.29, 1.82) is 0 Å². The molecule has 1 aliphatic carbocycles. The second kappa shape index (κ2) is 11.9. The molecule has 0 radical (unpaired) electrons. The van der Waals surface area contributed by atoms with E-state index in [-0.39, 0.29) is 32.0 Å². The summed E-state index contributed by atoms with van der Waals surface area (Å²) in [5, 5.41) is 2.60. The van der Waals surface area contributed by atoms with Gasteiger partial charge in [0.1, 0.15) is 24.9 Å². The van der Waals surface area contributed by atoms with Crippen LogP contribution in [0.3, 0.4) is 0 Å². The second-order valence-corrected chi connectivity index (χ2v) is 10.2. The quantitative estimate of drug-likeness (QED) is 0.288. The number of alkyl carbamates (subject to hydrolysis) is 1. The highest BCUT2D eigenvalue weighted by Gasteiger charge is 2.30. The van der Waals surface area contributed by atoms with Gasteiger partial charge in [0.05, 0.1) is 0 Å². The predicted octanol–water partition coefficient (Wildman–Crippen LogP) is 5.76. The van der Waals surface area contributed by atoms with Gasteiger partial charge in [-0.05, 0) is 55.0 Å². The van der Waals surface area contributed by atoms with Crippen molar-refractivity contribution in [3.05, 3.63) is 95.6 Å². The largest absolute Gasteiger partial charge is 0.460 e. The van der Waals surface area contributed by atoms with E-state index in [9.17, 15) is 14.4 Å². The average molecular weight is 516 g/mol. The van der Waals surface area contributed by atoms with Crippen molar-refractivity contribution < 1.29 is 28.6 Å². The molecular formula is C31H33NO6. The number of benzene rings is 3. The standard InChI is InChI=1S/C31H33NO6/c1-31(2,3)38-28(33)18-17-27(29(34)36-19-21-11-5-4-6-12-21)32-30(35)37-20-26-24-15-9-7-13-22(24)23-14-8-10-16-25(23)26/h4-16,26-27H,17-20H2,1-3H3,(H,32,35). The highest BCUT2D eigenvalue weighted by molar-refractivity contribution is 5.82. The van der Waals surface area contributed by atoms with Crippen LogP contribution in [0.1, 0.15) is 56.2 Å². The number of fused-ring (bicyclic) bond motifs is 3. The third kappa shape index (κ3) is 7.00. The summed E-state index contributed by atoms with van der Waals surface area (Å²) in [7, 11) is 0. The lowest BCUT2D eigenvalue weighted by Crippen LogP contribution is -2.43. The van der Waals surface area contributed by atoms with Crippen LogP contribution in [-0.4, -0.2) is 36.3 Å². The van der Waals surface area contributed by atoms with Gasteiger partial charge in [0.2, 0.25) is 0 Å². The molecule has 7 nitrogen and oxygen atoms in total. The lowest BCUT2D eigenvalue weighted by molar-refractivity contribution is -0.155. The van der Waals surface area contributed by atoms with E-state index in [4.69, 9.17) is 14.2 Å². The fourth-order valence-corrected chi connectivity index (χ4v) is 4.52. The Labute approximate surface area is 223 Å². The Hall–Kier alpha value is -4.13. The molecule has 0 saturated heterocycles. The minimum atomic E-state index is -1.07. The van der Waals surface area contributed by atoms with Gasteiger partial charge < -0.3 is 19.5 Å². The first kappa shape index (κ1) is 26.9. The van der Waals surface area contributed by atoms with Gasteiger partial charge in [-0.25, -0.2) is 9.59 Å². The first-order valence-corrected chi connectivity index (χ1v) is 12.7. The molecule has 3 aromatic rings. The first-order valence-electron chi connectivity index (χ1n) is 12.7. The molecule has 1 unspecified atom stereocenters. The molecule has 0 aromatic heterocycles. The van der Waals surface area contributed by atoms with E-state index >= 15 is 0 Å². The number of hydrogen-bond donors (Lipinski definition) is 1. The second-order valence-electron chi connectivity index (χ2n) is 10.2. The molecule has 1 amide bonds. The van der Waals surface area contributed by atoms with Gasteiger partial charge in [-0.15, -0.1) is 0 Å². The first-order chi connectivity index (χ1) is 18.2.